The second-order valence-corrected chi connectivity index (χ2v) is 3.99. The Morgan fingerprint density at radius 1 is 1.17 bits per heavy atom. The Bertz CT molecular complexity index is 599. The SMILES string of the molecule is Cc1ccc(COC(=O)c2cccc(=O)[nH]2)cc1. The van der Waals surface area contributed by atoms with Crippen molar-refractivity contribution in [2.75, 3.05) is 0 Å². The van der Waals surface area contributed by atoms with Crippen molar-refractivity contribution in [1.82, 2.24) is 4.98 Å². The molecule has 0 amide bonds. The molecule has 0 aliphatic rings. The Hall–Kier alpha value is -2.36. The second kappa shape index (κ2) is 5.31. The lowest BCUT2D eigenvalue weighted by atomic mass is 10.2. The van der Waals surface area contributed by atoms with Crippen LogP contribution in [0.3, 0.4) is 0 Å². The minimum absolute atomic E-state index is 0.162. The monoisotopic (exact) mass is 243 g/mol. The van der Waals surface area contributed by atoms with Crippen molar-refractivity contribution in [3.05, 3.63) is 69.6 Å². The number of nitrogens with one attached hydrogen (secondary N) is 1. The Labute approximate surface area is 104 Å². The topological polar surface area (TPSA) is 59.2 Å². The molecule has 2 rings (SSSR count). The summed E-state index contributed by atoms with van der Waals surface area (Å²) in [6, 6.07) is 12.1. The van der Waals surface area contributed by atoms with E-state index in [9.17, 15) is 9.59 Å². The minimum Gasteiger partial charge on any atom is -0.456 e. The lowest BCUT2D eigenvalue weighted by Crippen LogP contribution is -2.13. The number of hydrogen-bond acceptors (Lipinski definition) is 3. The molecule has 18 heavy (non-hydrogen) atoms. The first-order chi connectivity index (χ1) is 8.65. The number of esters is 1. The Kier molecular flexibility index (Phi) is 3.57. The Balaban J connectivity index is 2.00. The highest BCUT2D eigenvalue weighted by atomic mass is 16.5. The van der Waals surface area contributed by atoms with Gasteiger partial charge in [0, 0.05) is 6.07 Å². The van der Waals surface area contributed by atoms with Gasteiger partial charge in [-0.15, -0.1) is 0 Å². The lowest BCUT2D eigenvalue weighted by Gasteiger charge is -2.04. The lowest BCUT2D eigenvalue weighted by molar-refractivity contribution is 0.0465. The van der Waals surface area contributed by atoms with Crippen LogP contribution in [0.15, 0.2) is 47.3 Å². The molecule has 0 spiro atoms. The van der Waals surface area contributed by atoms with Crippen LogP contribution in [0.5, 0.6) is 0 Å². The third kappa shape index (κ3) is 3.07. The van der Waals surface area contributed by atoms with E-state index in [0.29, 0.717) is 0 Å². The van der Waals surface area contributed by atoms with E-state index in [1.54, 1.807) is 0 Å². The second-order valence-electron chi connectivity index (χ2n) is 3.99. The molecular weight excluding hydrogens is 230 g/mol. The summed E-state index contributed by atoms with van der Waals surface area (Å²) >= 11 is 0. The summed E-state index contributed by atoms with van der Waals surface area (Å²) in [4.78, 5) is 25.1. The van der Waals surface area contributed by atoms with E-state index < -0.39 is 5.97 Å². The van der Waals surface area contributed by atoms with Crippen molar-refractivity contribution in [2.45, 2.75) is 13.5 Å². The first-order valence-corrected chi connectivity index (χ1v) is 5.57. The number of aryl methyl sites for hydroxylation is 1. The Morgan fingerprint density at radius 2 is 1.89 bits per heavy atom. The van der Waals surface area contributed by atoms with Gasteiger partial charge in [0.25, 0.3) is 0 Å². The first-order valence-electron chi connectivity index (χ1n) is 5.57. The summed E-state index contributed by atoms with van der Waals surface area (Å²) in [7, 11) is 0. The van der Waals surface area contributed by atoms with E-state index in [2.05, 4.69) is 4.98 Å². The fraction of sp³-hybridized carbons (Fsp3) is 0.143. The molecule has 0 bridgehead atoms. The number of pyridine rings is 1. The molecule has 0 unspecified atom stereocenters. The van der Waals surface area contributed by atoms with Gasteiger partial charge in [0.1, 0.15) is 12.3 Å². The van der Waals surface area contributed by atoms with E-state index in [4.69, 9.17) is 4.74 Å². The number of carbonyl (C=O) groups is 1. The number of H-pyrrole nitrogens is 1. The average Bonchev–Trinajstić information content (AvgIpc) is 2.38. The number of aromatic nitrogens is 1. The van der Waals surface area contributed by atoms with E-state index >= 15 is 0 Å². The zero-order chi connectivity index (χ0) is 13.0. The van der Waals surface area contributed by atoms with E-state index in [-0.39, 0.29) is 17.9 Å². The number of benzene rings is 1. The van der Waals surface area contributed by atoms with Gasteiger partial charge < -0.3 is 9.72 Å². The standard InChI is InChI=1S/C14H13NO3/c1-10-5-7-11(8-6-10)9-18-14(17)12-3-2-4-13(16)15-12/h2-8H,9H2,1H3,(H,15,16). The molecule has 0 saturated heterocycles. The summed E-state index contributed by atoms with van der Waals surface area (Å²) in [6.45, 7) is 2.18. The highest BCUT2D eigenvalue weighted by Crippen LogP contribution is 2.06. The molecule has 1 aromatic heterocycles. The van der Waals surface area contributed by atoms with Crippen molar-refractivity contribution in [1.29, 1.82) is 0 Å². The molecule has 4 nitrogen and oxygen atoms in total. The van der Waals surface area contributed by atoms with Crippen LogP contribution in [0, 0.1) is 6.92 Å². The number of aromatic amines is 1. The van der Waals surface area contributed by atoms with Gasteiger partial charge in [-0.2, -0.15) is 0 Å². The summed E-state index contributed by atoms with van der Waals surface area (Å²) in [5.74, 6) is -0.534. The summed E-state index contributed by atoms with van der Waals surface area (Å²) in [5, 5.41) is 0. The molecular formula is C14H13NO3. The van der Waals surface area contributed by atoms with Crippen LogP contribution in [0.1, 0.15) is 21.6 Å². The molecule has 1 N–H and O–H groups in total. The zero-order valence-corrected chi connectivity index (χ0v) is 9.97. The zero-order valence-electron chi connectivity index (χ0n) is 9.97. The smallest absolute Gasteiger partial charge is 0.355 e. The predicted molar refractivity (Wildman–Crippen MR) is 67.4 cm³/mol. The van der Waals surface area contributed by atoms with Crippen LogP contribution in [0.25, 0.3) is 0 Å². The third-order valence-corrected chi connectivity index (χ3v) is 2.48. The first kappa shape index (κ1) is 12.1. The number of carbonyl (C=O) groups excluding carboxylic acids is 1. The molecule has 0 fully saturated rings. The molecule has 0 saturated carbocycles. The maximum absolute atomic E-state index is 11.6. The maximum atomic E-state index is 11.6. The van der Waals surface area contributed by atoms with Crippen molar-refractivity contribution >= 4 is 5.97 Å². The van der Waals surface area contributed by atoms with Crippen molar-refractivity contribution in [3.63, 3.8) is 0 Å². The maximum Gasteiger partial charge on any atom is 0.355 e. The fourth-order valence-electron chi connectivity index (χ4n) is 1.48. The van der Waals surface area contributed by atoms with E-state index in [1.165, 1.54) is 18.2 Å². The van der Waals surface area contributed by atoms with Gasteiger partial charge >= 0.3 is 5.97 Å². The molecule has 1 aromatic carbocycles. The van der Waals surface area contributed by atoms with Gasteiger partial charge in [-0.05, 0) is 18.6 Å². The number of rotatable bonds is 3. The van der Waals surface area contributed by atoms with Gasteiger partial charge in [-0.25, -0.2) is 4.79 Å². The van der Waals surface area contributed by atoms with Gasteiger partial charge in [0.2, 0.25) is 5.56 Å². The molecule has 92 valence electrons. The van der Waals surface area contributed by atoms with Crippen molar-refractivity contribution in [2.24, 2.45) is 0 Å². The van der Waals surface area contributed by atoms with Gasteiger partial charge in [-0.3, -0.25) is 4.79 Å². The van der Waals surface area contributed by atoms with Crippen molar-refractivity contribution in [3.8, 4) is 0 Å². The molecule has 0 aliphatic carbocycles. The normalized spacial score (nSPS) is 10.1. The summed E-state index contributed by atoms with van der Waals surface area (Å²) in [6.07, 6.45) is 0. The molecule has 1 heterocycles. The fourth-order valence-corrected chi connectivity index (χ4v) is 1.48. The highest BCUT2D eigenvalue weighted by molar-refractivity contribution is 5.87. The minimum atomic E-state index is -0.534. The van der Waals surface area contributed by atoms with Crippen LogP contribution >= 0.6 is 0 Å². The quantitative estimate of drug-likeness (QED) is 0.839. The van der Waals surface area contributed by atoms with E-state index in [0.717, 1.165) is 11.1 Å². The summed E-state index contributed by atoms with van der Waals surface area (Å²) < 4.78 is 5.10. The van der Waals surface area contributed by atoms with Crippen LogP contribution < -0.4 is 5.56 Å². The molecule has 4 heteroatoms. The summed E-state index contributed by atoms with van der Waals surface area (Å²) in [5.41, 5.74) is 1.90. The Morgan fingerprint density at radius 3 is 2.56 bits per heavy atom. The molecule has 0 aliphatic heterocycles. The van der Waals surface area contributed by atoms with Crippen LogP contribution in [0.4, 0.5) is 0 Å². The van der Waals surface area contributed by atoms with Gasteiger partial charge in [0.05, 0.1) is 0 Å². The van der Waals surface area contributed by atoms with E-state index in [1.807, 2.05) is 31.2 Å². The number of hydrogen-bond donors (Lipinski definition) is 1. The van der Waals surface area contributed by atoms with Crippen LogP contribution in [-0.4, -0.2) is 11.0 Å². The largest absolute Gasteiger partial charge is 0.456 e. The highest BCUT2D eigenvalue weighted by Gasteiger charge is 2.07. The molecule has 0 atom stereocenters. The van der Waals surface area contributed by atoms with Crippen LogP contribution in [-0.2, 0) is 11.3 Å². The number of ether oxygens (including phenoxy) is 1. The van der Waals surface area contributed by atoms with Crippen LogP contribution in [0.2, 0.25) is 0 Å². The van der Waals surface area contributed by atoms with Gasteiger partial charge in [-0.1, -0.05) is 35.9 Å². The van der Waals surface area contributed by atoms with Crippen molar-refractivity contribution < 1.29 is 9.53 Å². The average molecular weight is 243 g/mol. The van der Waals surface area contributed by atoms with Gasteiger partial charge in [0.15, 0.2) is 0 Å². The predicted octanol–water partition coefficient (Wildman–Crippen LogP) is 2.04. The molecule has 0 radical (unpaired) electrons. The third-order valence-electron chi connectivity index (χ3n) is 2.48. The molecule has 2 aromatic rings.